The first kappa shape index (κ1) is 15.0. The van der Waals surface area contributed by atoms with Crippen molar-refractivity contribution in [3.63, 3.8) is 0 Å². The second-order valence-corrected chi connectivity index (χ2v) is 5.65. The van der Waals surface area contributed by atoms with Crippen LogP contribution in [0.25, 0.3) is 0 Å². The summed E-state index contributed by atoms with van der Waals surface area (Å²) in [6.07, 6.45) is 1.45. The molecular formula is C14H12FN3O2S. The molecule has 0 unspecified atom stereocenters. The molecule has 108 valence electrons. The highest BCUT2D eigenvalue weighted by Gasteiger charge is 2.16. The van der Waals surface area contributed by atoms with Crippen molar-refractivity contribution in [1.29, 1.82) is 0 Å². The fourth-order valence-electron chi connectivity index (χ4n) is 1.53. The van der Waals surface area contributed by atoms with Gasteiger partial charge in [0.25, 0.3) is 10.0 Å². The van der Waals surface area contributed by atoms with Crippen LogP contribution in [0.4, 0.5) is 10.2 Å². The second-order valence-electron chi connectivity index (χ2n) is 3.97. The first-order valence-corrected chi connectivity index (χ1v) is 7.43. The van der Waals surface area contributed by atoms with Crippen LogP contribution in [-0.2, 0) is 10.0 Å². The van der Waals surface area contributed by atoms with Crippen molar-refractivity contribution in [2.24, 2.45) is 5.73 Å². The maximum absolute atomic E-state index is 13.8. The molecule has 0 radical (unpaired) electrons. The molecule has 1 heterocycles. The highest BCUT2D eigenvalue weighted by atomic mass is 32.2. The average Bonchev–Trinajstić information content (AvgIpc) is 2.46. The molecule has 0 bridgehead atoms. The monoisotopic (exact) mass is 305 g/mol. The van der Waals surface area contributed by atoms with Crippen molar-refractivity contribution < 1.29 is 12.8 Å². The van der Waals surface area contributed by atoms with Gasteiger partial charge in [-0.05, 0) is 30.3 Å². The van der Waals surface area contributed by atoms with Crippen molar-refractivity contribution in [2.75, 3.05) is 11.3 Å². The summed E-state index contributed by atoms with van der Waals surface area (Å²) in [5, 5.41) is 0. The maximum Gasteiger partial charge on any atom is 0.263 e. The Morgan fingerprint density at radius 2 is 2.10 bits per heavy atom. The van der Waals surface area contributed by atoms with Crippen molar-refractivity contribution >= 4 is 15.8 Å². The summed E-state index contributed by atoms with van der Waals surface area (Å²) in [5.41, 5.74) is 5.30. The van der Waals surface area contributed by atoms with Gasteiger partial charge in [0.1, 0.15) is 11.6 Å². The first-order valence-electron chi connectivity index (χ1n) is 5.95. The number of nitrogens with zero attached hydrogens (tertiary/aromatic N) is 1. The minimum atomic E-state index is -3.90. The Balaban J connectivity index is 2.31. The number of hydrogen-bond donors (Lipinski definition) is 2. The van der Waals surface area contributed by atoms with Crippen LogP contribution in [0, 0.1) is 17.7 Å². The Hall–Kier alpha value is -2.43. The van der Waals surface area contributed by atoms with Crippen molar-refractivity contribution in [2.45, 2.75) is 4.90 Å². The number of hydrogen-bond acceptors (Lipinski definition) is 4. The van der Waals surface area contributed by atoms with Gasteiger partial charge in [0.15, 0.2) is 0 Å². The SMILES string of the molecule is NCC#Cc1ccc(S(=O)(=O)Nc2ccccn2)cc1F. The number of halogens is 1. The topological polar surface area (TPSA) is 85.1 Å². The van der Waals surface area contributed by atoms with Gasteiger partial charge in [0, 0.05) is 6.20 Å². The lowest BCUT2D eigenvalue weighted by molar-refractivity contribution is 0.594. The number of anilines is 1. The van der Waals surface area contributed by atoms with Gasteiger partial charge in [-0.25, -0.2) is 17.8 Å². The molecule has 0 aliphatic carbocycles. The van der Waals surface area contributed by atoms with Gasteiger partial charge < -0.3 is 5.73 Å². The fraction of sp³-hybridized carbons (Fsp3) is 0.0714. The Morgan fingerprint density at radius 1 is 1.29 bits per heavy atom. The summed E-state index contributed by atoms with van der Waals surface area (Å²) in [6, 6.07) is 8.26. The van der Waals surface area contributed by atoms with Crippen LogP contribution < -0.4 is 10.5 Å². The highest BCUT2D eigenvalue weighted by molar-refractivity contribution is 7.92. The quantitative estimate of drug-likeness (QED) is 0.838. The van der Waals surface area contributed by atoms with E-state index in [4.69, 9.17) is 5.73 Å². The molecule has 0 spiro atoms. The first-order chi connectivity index (χ1) is 10.0. The number of sulfonamides is 1. The molecule has 0 saturated heterocycles. The van der Waals surface area contributed by atoms with Gasteiger partial charge in [0.05, 0.1) is 17.0 Å². The van der Waals surface area contributed by atoms with Crippen LogP contribution in [0.1, 0.15) is 5.56 Å². The van der Waals surface area contributed by atoms with E-state index in [9.17, 15) is 12.8 Å². The maximum atomic E-state index is 13.8. The minimum absolute atomic E-state index is 0.0947. The summed E-state index contributed by atoms with van der Waals surface area (Å²) in [5.74, 6) is 4.46. The Kier molecular flexibility index (Phi) is 4.52. The average molecular weight is 305 g/mol. The molecule has 0 fully saturated rings. The number of rotatable bonds is 3. The Labute approximate surface area is 122 Å². The van der Waals surface area contributed by atoms with E-state index in [1.807, 2.05) is 0 Å². The number of benzene rings is 1. The second kappa shape index (κ2) is 6.35. The largest absolute Gasteiger partial charge is 0.320 e. The third-order valence-electron chi connectivity index (χ3n) is 2.48. The van der Waals surface area contributed by atoms with E-state index in [1.165, 1.54) is 24.4 Å². The van der Waals surface area contributed by atoms with E-state index < -0.39 is 15.8 Å². The highest BCUT2D eigenvalue weighted by Crippen LogP contribution is 2.17. The number of pyridine rings is 1. The molecule has 2 aromatic rings. The molecule has 1 aromatic heterocycles. The smallest absolute Gasteiger partial charge is 0.263 e. The van der Waals surface area contributed by atoms with Crippen molar-refractivity contribution in [1.82, 2.24) is 4.98 Å². The van der Waals surface area contributed by atoms with Crippen LogP contribution in [0.5, 0.6) is 0 Å². The predicted molar refractivity (Wildman–Crippen MR) is 77.4 cm³/mol. The van der Waals surface area contributed by atoms with E-state index in [0.717, 1.165) is 6.07 Å². The van der Waals surface area contributed by atoms with Gasteiger partial charge >= 0.3 is 0 Å². The van der Waals surface area contributed by atoms with Gasteiger partial charge in [-0.15, -0.1) is 0 Å². The van der Waals surface area contributed by atoms with E-state index in [2.05, 4.69) is 21.5 Å². The van der Waals surface area contributed by atoms with Crippen LogP contribution >= 0.6 is 0 Å². The molecule has 2 rings (SSSR count). The van der Waals surface area contributed by atoms with Gasteiger partial charge in [0.2, 0.25) is 0 Å². The lowest BCUT2D eigenvalue weighted by Gasteiger charge is -2.07. The van der Waals surface area contributed by atoms with Crippen LogP contribution in [0.2, 0.25) is 0 Å². The van der Waals surface area contributed by atoms with Crippen molar-refractivity contribution in [3.8, 4) is 11.8 Å². The van der Waals surface area contributed by atoms with E-state index in [1.54, 1.807) is 12.1 Å². The molecule has 21 heavy (non-hydrogen) atoms. The molecule has 7 heteroatoms. The summed E-state index contributed by atoms with van der Waals surface area (Å²) in [4.78, 5) is 3.64. The van der Waals surface area contributed by atoms with Gasteiger partial charge in [-0.1, -0.05) is 17.9 Å². The lowest BCUT2D eigenvalue weighted by atomic mass is 10.2. The molecule has 0 aliphatic heterocycles. The molecule has 0 amide bonds. The summed E-state index contributed by atoms with van der Waals surface area (Å²) in [7, 11) is -3.90. The Bertz CT molecular complexity index is 796. The van der Waals surface area contributed by atoms with E-state index in [0.29, 0.717) is 0 Å². The van der Waals surface area contributed by atoms with Crippen LogP contribution in [0.15, 0.2) is 47.5 Å². The molecule has 0 aliphatic rings. The lowest BCUT2D eigenvalue weighted by Crippen LogP contribution is -2.14. The van der Waals surface area contributed by atoms with Crippen LogP contribution in [-0.4, -0.2) is 19.9 Å². The van der Waals surface area contributed by atoms with Gasteiger partial charge in [-0.2, -0.15) is 0 Å². The minimum Gasteiger partial charge on any atom is -0.320 e. The Morgan fingerprint density at radius 3 is 2.71 bits per heavy atom. The normalized spacial score (nSPS) is 10.6. The summed E-state index contributed by atoms with van der Waals surface area (Å²) < 4.78 is 40.3. The zero-order valence-electron chi connectivity index (χ0n) is 10.9. The molecule has 3 N–H and O–H groups in total. The predicted octanol–water partition coefficient (Wildman–Crippen LogP) is 1.33. The number of nitrogens with two attached hydrogens (primary N) is 1. The summed E-state index contributed by atoms with van der Waals surface area (Å²) in [6.45, 7) is 0.0979. The molecule has 1 aromatic carbocycles. The standard InChI is InChI=1S/C14H12FN3O2S/c15-13-10-12(7-6-11(13)4-3-8-16)21(19,20)18-14-5-1-2-9-17-14/h1-2,5-7,9-10H,8,16H2,(H,17,18). The third-order valence-corrected chi connectivity index (χ3v) is 3.83. The zero-order valence-corrected chi connectivity index (χ0v) is 11.7. The molecule has 5 nitrogen and oxygen atoms in total. The molecular weight excluding hydrogens is 293 g/mol. The molecule has 0 saturated carbocycles. The van der Waals surface area contributed by atoms with E-state index in [-0.39, 0.29) is 22.8 Å². The number of aromatic nitrogens is 1. The van der Waals surface area contributed by atoms with Gasteiger partial charge in [-0.3, -0.25) is 4.72 Å². The van der Waals surface area contributed by atoms with Crippen molar-refractivity contribution in [3.05, 3.63) is 54.0 Å². The fourth-order valence-corrected chi connectivity index (χ4v) is 2.55. The third kappa shape index (κ3) is 3.78. The van der Waals surface area contributed by atoms with E-state index >= 15 is 0 Å². The molecule has 0 atom stereocenters. The van der Waals surface area contributed by atoms with Crippen LogP contribution in [0.3, 0.4) is 0 Å². The zero-order chi connectivity index (χ0) is 15.3. The summed E-state index contributed by atoms with van der Waals surface area (Å²) >= 11 is 0. The number of nitrogens with one attached hydrogen (secondary N) is 1.